The van der Waals surface area contributed by atoms with E-state index in [1.54, 1.807) is 0 Å². The molecule has 0 heterocycles. The maximum atomic E-state index is 11.2. The average Bonchev–Trinajstić information content (AvgIpc) is 2.14. The minimum atomic E-state index is -0.874. The zero-order valence-corrected chi connectivity index (χ0v) is 8.16. The number of rotatable bonds is 7. The maximum Gasteiger partial charge on any atom is 0.303 e. The smallest absolute Gasteiger partial charge is 0.303 e. The van der Waals surface area contributed by atoms with Crippen molar-refractivity contribution in [3.8, 4) is 0 Å². The lowest BCUT2D eigenvalue weighted by Crippen LogP contribution is -2.40. The van der Waals surface area contributed by atoms with E-state index in [4.69, 9.17) is 15.6 Å². The van der Waals surface area contributed by atoms with Gasteiger partial charge in [-0.1, -0.05) is 0 Å². The van der Waals surface area contributed by atoms with Gasteiger partial charge in [0.2, 0.25) is 5.91 Å². The van der Waals surface area contributed by atoms with E-state index < -0.39 is 12.1 Å². The second-order valence-electron chi connectivity index (χ2n) is 2.75. The van der Waals surface area contributed by atoms with Gasteiger partial charge in [-0.25, -0.2) is 0 Å². The van der Waals surface area contributed by atoms with E-state index >= 15 is 0 Å². The second-order valence-corrected chi connectivity index (χ2v) is 2.75. The molecule has 0 saturated heterocycles. The summed E-state index contributed by atoms with van der Waals surface area (Å²) in [4.78, 5) is 21.3. The Balaban J connectivity index is 3.57. The molecule has 0 rings (SSSR count). The third kappa shape index (κ3) is 5.50. The summed E-state index contributed by atoms with van der Waals surface area (Å²) in [6.45, 7) is 0.437. The Morgan fingerprint density at radius 3 is 2.64 bits per heavy atom. The molecule has 0 bridgehead atoms. The molecule has 0 fully saturated rings. The number of amides is 1. The van der Waals surface area contributed by atoms with Crippen molar-refractivity contribution in [2.24, 2.45) is 5.73 Å². The predicted molar refractivity (Wildman–Crippen MR) is 49.7 cm³/mol. The van der Waals surface area contributed by atoms with Crippen molar-refractivity contribution >= 4 is 11.9 Å². The molecule has 1 atom stereocenters. The summed E-state index contributed by atoms with van der Waals surface area (Å²) in [5, 5.41) is 10.9. The Morgan fingerprint density at radius 2 is 2.21 bits per heavy atom. The number of carbonyl (C=O) groups excluding carboxylic acids is 1. The molecule has 0 aromatic rings. The van der Waals surface area contributed by atoms with Crippen molar-refractivity contribution in [2.45, 2.75) is 18.9 Å². The lowest BCUT2D eigenvalue weighted by molar-refractivity contribution is -0.137. The molecule has 0 aromatic carbocycles. The largest absolute Gasteiger partial charge is 0.481 e. The molecule has 14 heavy (non-hydrogen) atoms. The minimum Gasteiger partial charge on any atom is -0.481 e. The van der Waals surface area contributed by atoms with E-state index in [9.17, 15) is 9.59 Å². The number of carboxylic acids is 1. The Morgan fingerprint density at radius 1 is 1.57 bits per heavy atom. The number of methoxy groups -OCH3 is 1. The molecule has 1 unspecified atom stereocenters. The van der Waals surface area contributed by atoms with E-state index in [-0.39, 0.29) is 18.9 Å². The standard InChI is InChI=1S/C8H16N2O4/c1-14-6(5-9)8(13)10-4-2-3-7(11)12/h6H,2-5,9H2,1H3,(H,10,13)(H,11,12). The van der Waals surface area contributed by atoms with Crippen LogP contribution in [0.2, 0.25) is 0 Å². The first-order valence-electron chi connectivity index (χ1n) is 4.34. The van der Waals surface area contributed by atoms with Gasteiger partial charge in [0.05, 0.1) is 0 Å². The van der Waals surface area contributed by atoms with E-state index in [0.29, 0.717) is 13.0 Å². The molecule has 6 heteroatoms. The van der Waals surface area contributed by atoms with Crippen molar-refractivity contribution in [1.29, 1.82) is 0 Å². The number of nitrogens with two attached hydrogens (primary N) is 1. The van der Waals surface area contributed by atoms with Crippen LogP contribution in [0, 0.1) is 0 Å². The van der Waals surface area contributed by atoms with Crippen LogP contribution in [0.25, 0.3) is 0 Å². The number of ether oxygens (including phenoxy) is 1. The molecule has 0 aliphatic heterocycles. The molecule has 0 saturated carbocycles. The zero-order valence-electron chi connectivity index (χ0n) is 8.16. The number of nitrogens with one attached hydrogen (secondary N) is 1. The third-order valence-electron chi connectivity index (χ3n) is 1.66. The van der Waals surface area contributed by atoms with E-state index in [1.165, 1.54) is 7.11 Å². The fraction of sp³-hybridized carbons (Fsp3) is 0.750. The van der Waals surface area contributed by atoms with Crippen molar-refractivity contribution in [2.75, 3.05) is 20.2 Å². The molecule has 0 aliphatic rings. The molecule has 0 spiro atoms. The number of aliphatic carboxylic acids is 1. The quantitative estimate of drug-likeness (QED) is 0.459. The first-order valence-corrected chi connectivity index (χ1v) is 4.34. The van der Waals surface area contributed by atoms with E-state index in [1.807, 2.05) is 0 Å². The number of hydrogen-bond acceptors (Lipinski definition) is 4. The molecular formula is C8H16N2O4. The second kappa shape index (κ2) is 7.28. The van der Waals surface area contributed by atoms with Gasteiger partial charge in [0.15, 0.2) is 0 Å². The summed E-state index contributed by atoms with van der Waals surface area (Å²) in [6, 6.07) is 0. The summed E-state index contributed by atoms with van der Waals surface area (Å²) < 4.78 is 4.79. The molecule has 1 amide bonds. The van der Waals surface area contributed by atoms with Gasteiger partial charge in [0, 0.05) is 26.6 Å². The first kappa shape index (κ1) is 12.9. The van der Waals surface area contributed by atoms with Gasteiger partial charge in [0.25, 0.3) is 0 Å². The summed E-state index contributed by atoms with van der Waals surface area (Å²) in [5.41, 5.74) is 5.26. The first-order chi connectivity index (χ1) is 6.61. The van der Waals surface area contributed by atoms with Crippen LogP contribution in [0.3, 0.4) is 0 Å². The summed E-state index contributed by atoms with van der Waals surface area (Å²) in [5.74, 6) is -1.18. The minimum absolute atomic E-state index is 0.0422. The van der Waals surface area contributed by atoms with E-state index in [0.717, 1.165) is 0 Å². The molecular weight excluding hydrogens is 188 g/mol. The highest BCUT2D eigenvalue weighted by atomic mass is 16.5. The van der Waals surface area contributed by atoms with Crippen molar-refractivity contribution < 1.29 is 19.4 Å². The van der Waals surface area contributed by atoms with Crippen LogP contribution in [0.5, 0.6) is 0 Å². The van der Waals surface area contributed by atoms with Crippen LogP contribution in [-0.2, 0) is 14.3 Å². The van der Waals surface area contributed by atoms with Gasteiger partial charge in [0.1, 0.15) is 6.10 Å². The predicted octanol–water partition coefficient (Wildman–Crippen LogP) is -1.06. The van der Waals surface area contributed by atoms with Crippen LogP contribution in [0.4, 0.5) is 0 Å². The van der Waals surface area contributed by atoms with Crippen molar-refractivity contribution in [1.82, 2.24) is 5.32 Å². The Bertz CT molecular complexity index is 192. The highest BCUT2D eigenvalue weighted by molar-refractivity contribution is 5.81. The number of carbonyl (C=O) groups is 2. The number of hydrogen-bond donors (Lipinski definition) is 3. The third-order valence-corrected chi connectivity index (χ3v) is 1.66. The molecule has 0 aliphatic carbocycles. The monoisotopic (exact) mass is 204 g/mol. The van der Waals surface area contributed by atoms with Crippen LogP contribution >= 0.6 is 0 Å². The lowest BCUT2D eigenvalue weighted by atomic mass is 10.3. The fourth-order valence-corrected chi connectivity index (χ4v) is 0.875. The van der Waals surface area contributed by atoms with Gasteiger partial charge in [-0.05, 0) is 6.42 Å². The Kier molecular flexibility index (Phi) is 6.69. The van der Waals surface area contributed by atoms with Crippen molar-refractivity contribution in [3.63, 3.8) is 0 Å². The lowest BCUT2D eigenvalue weighted by Gasteiger charge is -2.12. The Hall–Kier alpha value is -1.14. The number of carboxylic acid groups (broad SMARTS) is 1. The average molecular weight is 204 g/mol. The highest BCUT2D eigenvalue weighted by Gasteiger charge is 2.14. The summed E-state index contributed by atoms with van der Waals surface area (Å²) in [7, 11) is 1.40. The summed E-state index contributed by atoms with van der Waals surface area (Å²) >= 11 is 0. The van der Waals surface area contributed by atoms with Gasteiger partial charge in [-0.3, -0.25) is 9.59 Å². The maximum absolute atomic E-state index is 11.2. The zero-order chi connectivity index (χ0) is 11.0. The van der Waals surface area contributed by atoms with Crippen LogP contribution in [0.15, 0.2) is 0 Å². The molecule has 82 valence electrons. The van der Waals surface area contributed by atoms with Crippen LogP contribution in [0.1, 0.15) is 12.8 Å². The molecule has 0 radical (unpaired) electrons. The van der Waals surface area contributed by atoms with Gasteiger partial charge < -0.3 is 20.9 Å². The normalized spacial score (nSPS) is 12.1. The fourth-order valence-electron chi connectivity index (χ4n) is 0.875. The SMILES string of the molecule is COC(CN)C(=O)NCCCC(=O)O. The molecule has 4 N–H and O–H groups in total. The topological polar surface area (TPSA) is 102 Å². The Labute approximate surface area is 82.4 Å². The van der Waals surface area contributed by atoms with E-state index in [2.05, 4.69) is 5.32 Å². The molecule has 0 aromatic heterocycles. The van der Waals surface area contributed by atoms with Gasteiger partial charge in [-0.2, -0.15) is 0 Å². The van der Waals surface area contributed by atoms with Gasteiger partial charge >= 0.3 is 5.97 Å². The van der Waals surface area contributed by atoms with Gasteiger partial charge in [-0.15, -0.1) is 0 Å². The summed E-state index contributed by atoms with van der Waals surface area (Å²) in [6.07, 6.45) is -0.206. The van der Waals surface area contributed by atoms with Crippen molar-refractivity contribution in [3.05, 3.63) is 0 Å². The highest BCUT2D eigenvalue weighted by Crippen LogP contribution is 1.89. The van der Waals surface area contributed by atoms with Crippen LogP contribution < -0.4 is 11.1 Å². The van der Waals surface area contributed by atoms with Crippen LogP contribution in [-0.4, -0.2) is 43.3 Å². The molecule has 6 nitrogen and oxygen atoms in total.